The van der Waals surface area contributed by atoms with Crippen molar-refractivity contribution in [3.8, 4) is 0 Å². The minimum Gasteiger partial charge on any atom is -0.360 e. The Kier molecular flexibility index (Phi) is 5.13. The molecule has 0 unspecified atom stereocenters. The molecule has 1 amide bonds. The molecule has 0 saturated heterocycles. The van der Waals surface area contributed by atoms with E-state index in [4.69, 9.17) is 9.36 Å². The molecule has 0 aliphatic rings. The van der Waals surface area contributed by atoms with E-state index in [-0.39, 0.29) is 12.5 Å². The number of halogens is 1. The zero-order valence-electron chi connectivity index (χ0n) is 11.4. The quantitative estimate of drug-likeness (QED) is 0.782. The predicted molar refractivity (Wildman–Crippen MR) is 82.1 cm³/mol. The Balaban J connectivity index is 1.74. The molecule has 1 aromatic heterocycles. The Bertz CT molecular complexity index is 637. The van der Waals surface area contributed by atoms with Gasteiger partial charge in [0.25, 0.3) is 5.91 Å². The molecule has 0 spiro atoms. The van der Waals surface area contributed by atoms with Gasteiger partial charge in [0.15, 0.2) is 12.4 Å². The highest BCUT2D eigenvalue weighted by molar-refractivity contribution is 9.10. The number of aryl methyl sites for hydroxylation is 1. The van der Waals surface area contributed by atoms with Crippen LogP contribution < -0.4 is 10.8 Å². The number of benzene rings is 1. The van der Waals surface area contributed by atoms with Gasteiger partial charge in [0, 0.05) is 10.5 Å². The van der Waals surface area contributed by atoms with Crippen molar-refractivity contribution in [1.82, 2.24) is 10.6 Å². The van der Waals surface area contributed by atoms with Crippen molar-refractivity contribution in [1.29, 1.82) is 0 Å². The largest absolute Gasteiger partial charge is 0.360 e. The fourth-order valence-corrected chi connectivity index (χ4v) is 1.77. The zero-order valence-corrected chi connectivity index (χ0v) is 12.9. The summed E-state index contributed by atoms with van der Waals surface area (Å²) in [7, 11) is 0. The lowest BCUT2D eigenvalue weighted by atomic mass is 10.2. The summed E-state index contributed by atoms with van der Waals surface area (Å²) in [5.74, 6) is 0.625. The molecule has 2 aromatic rings. The van der Waals surface area contributed by atoms with Crippen LogP contribution in [0, 0.1) is 6.92 Å². The smallest absolute Gasteiger partial charge is 0.254 e. The number of rotatable bonds is 6. The average molecular weight is 352 g/mol. The van der Waals surface area contributed by atoms with Crippen LogP contribution in [0.4, 0.5) is 5.82 Å². The summed E-state index contributed by atoms with van der Waals surface area (Å²) >= 11 is 3.35. The summed E-state index contributed by atoms with van der Waals surface area (Å²) in [4.78, 5) is 16.7. The van der Waals surface area contributed by atoms with Crippen molar-refractivity contribution >= 4 is 33.4 Å². The molecular formula is C14H14BrN3O3. The molecule has 2 rings (SSSR count). The van der Waals surface area contributed by atoms with Gasteiger partial charge in [-0.15, -0.1) is 0 Å². The van der Waals surface area contributed by atoms with Gasteiger partial charge < -0.3 is 9.84 Å². The number of amides is 1. The first-order valence-corrected chi connectivity index (χ1v) is 6.90. The van der Waals surface area contributed by atoms with E-state index in [0.29, 0.717) is 17.3 Å². The molecule has 6 nitrogen and oxygen atoms in total. The van der Waals surface area contributed by atoms with Gasteiger partial charge in [0.1, 0.15) is 5.76 Å². The first-order valence-electron chi connectivity index (χ1n) is 6.10. The van der Waals surface area contributed by atoms with E-state index < -0.39 is 0 Å². The molecule has 0 aliphatic carbocycles. The topological polar surface area (TPSA) is 76.4 Å². The predicted octanol–water partition coefficient (Wildman–Crippen LogP) is 2.88. The zero-order chi connectivity index (χ0) is 15.2. The first kappa shape index (κ1) is 15.3. The van der Waals surface area contributed by atoms with Crippen LogP contribution in [-0.4, -0.2) is 17.7 Å². The second-order valence-electron chi connectivity index (χ2n) is 4.25. The standard InChI is InChI=1S/C14H14BrN3O3/c1-9-7-13(18-21-9)16-14(19)8-20-17-10(2)11-3-5-12(15)6-4-11/h3-7,17H,2,8H2,1H3,(H,16,18,19). The number of nitrogens with one attached hydrogen (secondary N) is 2. The van der Waals surface area contributed by atoms with E-state index in [2.05, 4.69) is 38.5 Å². The molecule has 0 aliphatic heterocycles. The highest BCUT2D eigenvalue weighted by Gasteiger charge is 2.07. The van der Waals surface area contributed by atoms with E-state index in [9.17, 15) is 4.79 Å². The molecule has 0 radical (unpaired) electrons. The van der Waals surface area contributed by atoms with E-state index in [1.54, 1.807) is 13.0 Å². The van der Waals surface area contributed by atoms with Gasteiger partial charge in [-0.1, -0.05) is 39.8 Å². The Labute approximate surface area is 130 Å². The van der Waals surface area contributed by atoms with Crippen molar-refractivity contribution in [3.63, 3.8) is 0 Å². The SMILES string of the molecule is C=C(NOCC(=O)Nc1cc(C)on1)c1ccc(Br)cc1. The van der Waals surface area contributed by atoms with Gasteiger partial charge in [-0.05, 0) is 24.6 Å². The number of anilines is 1. The molecule has 1 aromatic carbocycles. The third-order valence-electron chi connectivity index (χ3n) is 2.49. The van der Waals surface area contributed by atoms with Crippen LogP contribution in [0.3, 0.4) is 0 Å². The fourth-order valence-electron chi connectivity index (χ4n) is 1.50. The van der Waals surface area contributed by atoms with Gasteiger partial charge in [-0.2, -0.15) is 0 Å². The lowest BCUT2D eigenvalue weighted by Gasteiger charge is -2.09. The normalized spacial score (nSPS) is 10.2. The Morgan fingerprint density at radius 3 is 2.76 bits per heavy atom. The van der Waals surface area contributed by atoms with Crippen LogP contribution in [0.1, 0.15) is 11.3 Å². The van der Waals surface area contributed by atoms with Gasteiger partial charge in [0.05, 0.1) is 5.70 Å². The number of nitrogens with zero attached hydrogens (tertiary/aromatic N) is 1. The van der Waals surface area contributed by atoms with Crippen molar-refractivity contribution in [2.75, 3.05) is 11.9 Å². The van der Waals surface area contributed by atoms with Crippen LogP contribution in [0.5, 0.6) is 0 Å². The summed E-state index contributed by atoms with van der Waals surface area (Å²) in [6.07, 6.45) is 0. The molecule has 1 heterocycles. The van der Waals surface area contributed by atoms with Crippen LogP contribution in [0.2, 0.25) is 0 Å². The minimum atomic E-state index is -0.348. The van der Waals surface area contributed by atoms with Gasteiger partial charge >= 0.3 is 0 Å². The number of aromatic nitrogens is 1. The van der Waals surface area contributed by atoms with E-state index in [1.165, 1.54) is 0 Å². The summed E-state index contributed by atoms with van der Waals surface area (Å²) in [6, 6.07) is 9.15. The number of carbonyl (C=O) groups excluding carboxylic acids is 1. The third-order valence-corrected chi connectivity index (χ3v) is 3.02. The van der Waals surface area contributed by atoms with Gasteiger partial charge in [0.2, 0.25) is 0 Å². The molecule has 0 bridgehead atoms. The third kappa shape index (κ3) is 4.73. The maximum atomic E-state index is 11.6. The first-order chi connectivity index (χ1) is 10.0. The molecule has 21 heavy (non-hydrogen) atoms. The van der Waals surface area contributed by atoms with Crippen molar-refractivity contribution < 1.29 is 14.2 Å². The number of hydrogen-bond acceptors (Lipinski definition) is 5. The number of hydroxylamine groups is 1. The van der Waals surface area contributed by atoms with Gasteiger partial charge in [-0.3, -0.25) is 15.1 Å². The van der Waals surface area contributed by atoms with E-state index >= 15 is 0 Å². The minimum absolute atomic E-state index is 0.179. The molecule has 2 N–H and O–H groups in total. The highest BCUT2D eigenvalue weighted by atomic mass is 79.9. The second-order valence-corrected chi connectivity index (χ2v) is 5.16. The van der Waals surface area contributed by atoms with Crippen LogP contribution in [0.15, 0.2) is 45.9 Å². The van der Waals surface area contributed by atoms with E-state index in [0.717, 1.165) is 10.0 Å². The van der Waals surface area contributed by atoms with Crippen LogP contribution in [-0.2, 0) is 9.63 Å². The Hall–Kier alpha value is -2.12. The molecule has 0 atom stereocenters. The maximum Gasteiger partial charge on any atom is 0.254 e. The van der Waals surface area contributed by atoms with Crippen molar-refractivity contribution in [2.24, 2.45) is 0 Å². The lowest BCUT2D eigenvalue weighted by Crippen LogP contribution is -2.23. The average Bonchev–Trinajstić information content (AvgIpc) is 2.84. The Morgan fingerprint density at radius 1 is 1.43 bits per heavy atom. The van der Waals surface area contributed by atoms with Crippen LogP contribution in [0.25, 0.3) is 5.70 Å². The molecule has 110 valence electrons. The highest BCUT2D eigenvalue weighted by Crippen LogP contribution is 2.14. The summed E-state index contributed by atoms with van der Waals surface area (Å²) < 4.78 is 5.81. The fraction of sp³-hybridized carbons (Fsp3) is 0.143. The molecule has 0 saturated carbocycles. The second kappa shape index (κ2) is 7.05. The molecular weight excluding hydrogens is 338 g/mol. The molecule has 0 fully saturated rings. The monoisotopic (exact) mass is 351 g/mol. The molecule has 7 heteroatoms. The summed E-state index contributed by atoms with van der Waals surface area (Å²) in [5.41, 5.74) is 4.05. The van der Waals surface area contributed by atoms with Gasteiger partial charge in [-0.25, -0.2) is 0 Å². The summed E-state index contributed by atoms with van der Waals surface area (Å²) in [6.45, 7) is 5.39. The van der Waals surface area contributed by atoms with E-state index in [1.807, 2.05) is 24.3 Å². The lowest BCUT2D eigenvalue weighted by molar-refractivity contribution is -0.122. The number of hydrogen-bond donors (Lipinski definition) is 2. The number of carbonyl (C=O) groups is 1. The Morgan fingerprint density at radius 2 is 2.14 bits per heavy atom. The van der Waals surface area contributed by atoms with Crippen molar-refractivity contribution in [2.45, 2.75) is 6.92 Å². The van der Waals surface area contributed by atoms with Crippen molar-refractivity contribution in [3.05, 3.63) is 52.7 Å². The van der Waals surface area contributed by atoms with Crippen LogP contribution >= 0.6 is 15.9 Å². The maximum absolute atomic E-state index is 11.6. The summed E-state index contributed by atoms with van der Waals surface area (Å²) in [5, 5.41) is 6.19.